The first-order valence-electron chi connectivity index (χ1n) is 3.63. The summed E-state index contributed by atoms with van der Waals surface area (Å²) in [7, 11) is 0. The van der Waals surface area contributed by atoms with Gasteiger partial charge in [0.05, 0.1) is 0 Å². The van der Waals surface area contributed by atoms with E-state index in [1.165, 1.54) is 0 Å². The van der Waals surface area contributed by atoms with E-state index in [-0.39, 0.29) is 0 Å². The minimum Gasteiger partial charge on any atom is -0.346 e. The van der Waals surface area contributed by atoms with Gasteiger partial charge >= 0.3 is 0 Å². The molecule has 8 nitrogen and oxygen atoms in total. The van der Waals surface area contributed by atoms with Crippen molar-refractivity contribution in [3.05, 3.63) is 17.7 Å². The molecule has 0 fully saturated rings. The number of nitrogens with one attached hydrogen (secondary N) is 4. The number of isocyanates is 3. The Morgan fingerprint density at radius 3 is 1.44 bits per heavy atom. The Balaban J connectivity index is -0.000000161. The van der Waals surface area contributed by atoms with Gasteiger partial charge in [0.15, 0.2) is 0 Å². The lowest BCUT2D eigenvalue weighted by Crippen LogP contribution is -1.70. The van der Waals surface area contributed by atoms with Gasteiger partial charge in [-0.1, -0.05) is 0 Å². The Labute approximate surface area is 91.2 Å². The second-order valence-electron chi connectivity index (χ2n) is 1.96. The maximum Gasteiger partial charge on any atom is 0.231 e. The fraction of sp³-hybridized carbons (Fsp3) is 0.250. The van der Waals surface area contributed by atoms with E-state index in [4.69, 9.17) is 30.6 Å². The summed E-state index contributed by atoms with van der Waals surface area (Å²) in [4.78, 5) is 32.0. The average molecular weight is 225 g/mol. The van der Waals surface area contributed by atoms with Crippen molar-refractivity contribution in [1.82, 2.24) is 9.97 Å². The number of carbonyl (C=O) groups excluding carboxylic acids is 3. The van der Waals surface area contributed by atoms with Crippen LogP contribution in [0.25, 0.3) is 0 Å². The van der Waals surface area contributed by atoms with Crippen molar-refractivity contribution in [3.8, 4) is 0 Å². The average Bonchev–Trinajstić information content (AvgIpc) is 2.54. The van der Waals surface area contributed by atoms with Crippen LogP contribution in [0.2, 0.25) is 0 Å². The molecule has 1 rings (SSSR count). The molecule has 0 radical (unpaired) electrons. The van der Waals surface area contributed by atoms with Gasteiger partial charge in [0.2, 0.25) is 18.2 Å². The van der Waals surface area contributed by atoms with Crippen LogP contribution < -0.4 is 0 Å². The zero-order valence-electron chi connectivity index (χ0n) is 8.75. The van der Waals surface area contributed by atoms with E-state index in [0.717, 1.165) is 29.8 Å². The lowest BCUT2D eigenvalue weighted by Gasteiger charge is -1.74. The Hall–Kier alpha value is -2.65. The number of imidazole rings is 1. The van der Waals surface area contributed by atoms with Gasteiger partial charge in [-0.25, -0.2) is 35.6 Å². The van der Waals surface area contributed by atoms with Crippen molar-refractivity contribution in [2.45, 2.75) is 13.8 Å². The lowest BCUT2D eigenvalue weighted by atomic mass is 10.6. The van der Waals surface area contributed by atoms with Gasteiger partial charge in [0, 0.05) is 11.9 Å². The summed E-state index contributed by atoms with van der Waals surface area (Å²) in [6.45, 7) is 3.92. The van der Waals surface area contributed by atoms with Gasteiger partial charge in [-0.3, -0.25) is 0 Å². The number of hydrogen-bond acceptors (Lipinski definition) is 7. The number of nitrogens with zero attached hydrogens (tertiary/aromatic N) is 1. The second-order valence-corrected chi connectivity index (χ2v) is 1.96. The molecule has 0 spiro atoms. The molecule has 0 unspecified atom stereocenters. The minimum absolute atomic E-state index is 0.750. The fourth-order valence-corrected chi connectivity index (χ4v) is 0.544. The summed E-state index contributed by atoms with van der Waals surface area (Å²) >= 11 is 0. The maximum absolute atomic E-state index is 8.35. The number of aryl methyl sites for hydroxylation is 2. The fourth-order valence-electron chi connectivity index (χ4n) is 0.544. The molecule has 1 aromatic heterocycles. The Morgan fingerprint density at radius 2 is 1.38 bits per heavy atom. The standard InChI is InChI=1S/C5H8N2.3CHNO/c1-4-3-6-5(2)7-4;3*2-1-3/h3H,1-2H3,(H,6,7);3*2H. The third-order valence-electron chi connectivity index (χ3n) is 0.830. The number of aromatic amines is 1. The number of H-pyrrole nitrogens is 1. The molecule has 1 heterocycles. The van der Waals surface area contributed by atoms with Gasteiger partial charge in [0.1, 0.15) is 5.82 Å². The highest BCUT2D eigenvalue weighted by atomic mass is 16.1. The molecule has 0 saturated carbocycles. The third kappa shape index (κ3) is 30.2. The Bertz CT molecular complexity index is 322. The van der Waals surface area contributed by atoms with Crippen molar-refractivity contribution in [2.75, 3.05) is 0 Å². The van der Waals surface area contributed by atoms with E-state index < -0.39 is 0 Å². The predicted octanol–water partition coefficient (Wildman–Crippen LogP) is 0.729. The molecule has 86 valence electrons. The second kappa shape index (κ2) is 18.2. The maximum atomic E-state index is 8.35. The van der Waals surface area contributed by atoms with Crippen LogP contribution >= 0.6 is 0 Å². The van der Waals surface area contributed by atoms with E-state index in [1.54, 1.807) is 0 Å². The molecule has 0 aliphatic rings. The molecule has 0 amide bonds. The zero-order valence-corrected chi connectivity index (χ0v) is 8.75. The molecule has 4 N–H and O–H groups in total. The van der Waals surface area contributed by atoms with Gasteiger partial charge in [-0.05, 0) is 13.8 Å². The Morgan fingerprint density at radius 1 is 1.06 bits per heavy atom. The molecule has 0 aromatic carbocycles. The molecule has 16 heavy (non-hydrogen) atoms. The number of hydrogen-bond donors (Lipinski definition) is 4. The van der Waals surface area contributed by atoms with Crippen LogP contribution in [0, 0.1) is 30.1 Å². The summed E-state index contributed by atoms with van der Waals surface area (Å²) in [5, 5.41) is 16.2. The SMILES string of the molecule is Cc1cnc(C)[nH]1.N=C=O.N=C=O.N=C=O. The topological polar surface area (TPSA) is 151 Å². The molecule has 8 heteroatoms. The van der Waals surface area contributed by atoms with E-state index in [0.29, 0.717) is 0 Å². The van der Waals surface area contributed by atoms with Gasteiger partial charge in [-0.2, -0.15) is 0 Å². The monoisotopic (exact) mass is 225 g/mol. The molecule has 0 aliphatic carbocycles. The highest BCUT2D eigenvalue weighted by molar-refractivity contribution is 5.26. The zero-order chi connectivity index (χ0) is 13.4. The van der Waals surface area contributed by atoms with E-state index in [9.17, 15) is 0 Å². The smallest absolute Gasteiger partial charge is 0.231 e. The van der Waals surface area contributed by atoms with Crippen molar-refractivity contribution in [2.24, 2.45) is 0 Å². The molecule has 0 aliphatic heterocycles. The molecule has 0 atom stereocenters. The summed E-state index contributed by atoms with van der Waals surface area (Å²) < 4.78 is 0. The third-order valence-corrected chi connectivity index (χ3v) is 0.830. The number of aromatic nitrogens is 2. The van der Waals surface area contributed by atoms with Crippen molar-refractivity contribution in [1.29, 1.82) is 16.2 Å². The summed E-state index contributed by atoms with van der Waals surface area (Å²) in [6, 6.07) is 0. The summed E-state index contributed by atoms with van der Waals surface area (Å²) in [5.74, 6) is 0.984. The van der Waals surface area contributed by atoms with Crippen LogP contribution in [0.15, 0.2) is 6.20 Å². The van der Waals surface area contributed by atoms with Crippen LogP contribution in [-0.2, 0) is 14.4 Å². The van der Waals surface area contributed by atoms with E-state index in [1.807, 2.05) is 20.0 Å². The minimum atomic E-state index is 0.750. The van der Waals surface area contributed by atoms with Crippen LogP contribution in [-0.4, -0.2) is 28.2 Å². The summed E-state index contributed by atoms with van der Waals surface area (Å²) in [6.07, 6.45) is 4.06. The van der Waals surface area contributed by atoms with E-state index >= 15 is 0 Å². The molecular weight excluding hydrogens is 214 g/mol. The van der Waals surface area contributed by atoms with Crippen LogP contribution in [0.4, 0.5) is 0 Å². The molecule has 0 saturated heterocycles. The first-order chi connectivity index (χ1) is 7.53. The highest BCUT2D eigenvalue weighted by Gasteiger charge is 1.83. The Kier molecular flexibility index (Phi) is 21.6. The van der Waals surface area contributed by atoms with Crippen molar-refractivity contribution >= 4 is 18.2 Å². The lowest BCUT2D eigenvalue weighted by molar-refractivity contribution is 0.562. The largest absolute Gasteiger partial charge is 0.346 e. The first kappa shape index (κ1) is 19.0. The van der Waals surface area contributed by atoms with Crippen LogP contribution in [0.5, 0.6) is 0 Å². The van der Waals surface area contributed by atoms with Crippen molar-refractivity contribution < 1.29 is 14.4 Å². The molecular formula is C8H11N5O3. The normalized spacial score (nSPS) is 5.62. The molecule has 1 aromatic rings. The van der Waals surface area contributed by atoms with Gasteiger partial charge < -0.3 is 4.98 Å². The van der Waals surface area contributed by atoms with Crippen LogP contribution in [0.1, 0.15) is 11.5 Å². The summed E-state index contributed by atoms with van der Waals surface area (Å²) in [5.41, 5.74) is 1.12. The molecule has 0 bridgehead atoms. The quantitative estimate of drug-likeness (QED) is 0.379. The number of rotatable bonds is 0. The van der Waals surface area contributed by atoms with Gasteiger partial charge in [0.25, 0.3) is 0 Å². The van der Waals surface area contributed by atoms with Crippen LogP contribution in [0.3, 0.4) is 0 Å². The van der Waals surface area contributed by atoms with Gasteiger partial charge in [-0.15, -0.1) is 0 Å². The predicted molar refractivity (Wildman–Crippen MR) is 53.3 cm³/mol. The van der Waals surface area contributed by atoms with E-state index in [2.05, 4.69) is 9.97 Å². The van der Waals surface area contributed by atoms with Crippen molar-refractivity contribution in [3.63, 3.8) is 0 Å². The first-order valence-corrected chi connectivity index (χ1v) is 3.63. The highest BCUT2D eigenvalue weighted by Crippen LogP contribution is 1.89.